The number of fused-ring (bicyclic) bond motifs is 1. The predicted octanol–water partition coefficient (Wildman–Crippen LogP) is 4.31. The first-order valence-corrected chi connectivity index (χ1v) is 11.3. The minimum absolute atomic E-state index is 0.0878. The fourth-order valence-corrected chi connectivity index (χ4v) is 4.51. The van der Waals surface area contributed by atoms with Crippen LogP contribution < -0.4 is 0 Å². The molecule has 4 rings (SSSR count). The average Bonchev–Trinajstić information content (AvgIpc) is 3.33. The highest BCUT2D eigenvalue weighted by Gasteiger charge is 2.61. The second kappa shape index (κ2) is 9.34. The number of rotatable bonds is 5. The van der Waals surface area contributed by atoms with Crippen LogP contribution in [0.3, 0.4) is 0 Å². The molecule has 0 saturated carbocycles. The van der Waals surface area contributed by atoms with Crippen LogP contribution in [0.15, 0.2) is 59.6 Å². The number of carbonyl (C=O) groups is 2. The van der Waals surface area contributed by atoms with E-state index in [0.717, 1.165) is 5.56 Å². The molecule has 184 valence electrons. The average molecular weight is 482 g/mol. The van der Waals surface area contributed by atoms with Gasteiger partial charge in [-0.25, -0.2) is 14.5 Å². The summed E-state index contributed by atoms with van der Waals surface area (Å²) < 4.78 is 10.7. The van der Waals surface area contributed by atoms with Crippen LogP contribution in [0.1, 0.15) is 45.0 Å². The van der Waals surface area contributed by atoms with Crippen molar-refractivity contribution in [2.24, 2.45) is 4.99 Å². The van der Waals surface area contributed by atoms with Gasteiger partial charge in [0.05, 0.1) is 23.8 Å². The lowest BCUT2D eigenvalue weighted by Crippen LogP contribution is -2.52. The molecule has 2 aromatic carbocycles. The number of hydrogen-bond acceptors (Lipinski definition) is 8. The molecule has 2 aliphatic rings. The summed E-state index contributed by atoms with van der Waals surface area (Å²) in [6.45, 7) is 7.30. The number of nitro groups is 1. The molecule has 0 aromatic heterocycles. The van der Waals surface area contributed by atoms with Gasteiger partial charge in [0, 0.05) is 12.1 Å². The minimum atomic E-state index is -0.853. The monoisotopic (exact) mass is 481 g/mol. The third-order valence-corrected chi connectivity index (χ3v) is 5.87. The summed E-state index contributed by atoms with van der Waals surface area (Å²) in [4.78, 5) is 44.1. The zero-order chi connectivity index (χ0) is 25.3. The van der Waals surface area contributed by atoms with Gasteiger partial charge in [0.2, 0.25) is 0 Å². The number of hydrogen-bond donors (Lipinski definition) is 0. The lowest BCUT2D eigenvalue weighted by Gasteiger charge is -2.35. The molecule has 2 aliphatic heterocycles. The molecule has 35 heavy (non-hydrogen) atoms. The van der Waals surface area contributed by atoms with Crippen LogP contribution in [-0.2, 0) is 9.47 Å². The van der Waals surface area contributed by atoms with E-state index in [1.165, 1.54) is 22.2 Å². The Morgan fingerprint density at radius 2 is 1.49 bits per heavy atom. The number of aliphatic imine (C=N–C) groups is 1. The summed E-state index contributed by atoms with van der Waals surface area (Å²) in [7, 11) is 0. The first-order chi connectivity index (χ1) is 16.7. The van der Waals surface area contributed by atoms with Gasteiger partial charge in [-0.15, -0.1) is 0 Å². The first-order valence-electron chi connectivity index (χ1n) is 11.3. The number of ether oxygens (including phenoxy) is 2. The SMILES string of the molecule is CCOC(=O)N1[C@H]2C(c3ccccc3)=NC(C)(C)N2[C@@H](c2ccc([N+](=O)[O-])cc2)N1C(=O)OCC. The molecule has 2 aromatic rings. The molecular formula is C24H27N5O6. The van der Waals surface area contributed by atoms with Gasteiger partial charge in [0.1, 0.15) is 11.8 Å². The Labute approximate surface area is 202 Å². The largest absolute Gasteiger partial charge is 0.448 e. The van der Waals surface area contributed by atoms with Gasteiger partial charge in [-0.05, 0) is 51.0 Å². The van der Waals surface area contributed by atoms with E-state index in [2.05, 4.69) is 0 Å². The summed E-state index contributed by atoms with van der Waals surface area (Å²) >= 11 is 0. The van der Waals surface area contributed by atoms with Crippen LogP contribution in [0.25, 0.3) is 0 Å². The molecule has 2 amide bonds. The van der Waals surface area contributed by atoms with Crippen molar-refractivity contribution in [1.29, 1.82) is 0 Å². The lowest BCUT2D eigenvalue weighted by molar-refractivity contribution is -0.384. The predicted molar refractivity (Wildman–Crippen MR) is 126 cm³/mol. The van der Waals surface area contributed by atoms with Crippen molar-refractivity contribution >= 4 is 23.6 Å². The van der Waals surface area contributed by atoms with Gasteiger partial charge in [-0.1, -0.05) is 30.3 Å². The summed E-state index contributed by atoms with van der Waals surface area (Å²) in [5.41, 5.74) is 0.986. The van der Waals surface area contributed by atoms with Gasteiger partial charge in [-0.2, -0.15) is 10.0 Å². The van der Waals surface area contributed by atoms with Crippen molar-refractivity contribution in [3.8, 4) is 0 Å². The molecule has 0 spiro atoms. The Balaban J connectivity index is 1.91. The summed E-state index contributed by atoms with van der Waals surface area (Å²) in [6, 6.07) is 15.2. The van der Waals surface area contributed by atoms with Crippen molar-refractivity contribution in [3.05, 3.63) is 75.8 Å². The highest BCUT2D eigenvalue weighted by molar-refractivity contribution is 6.07. The molecule has 2 atom stereocenters. The molecule has 1 saturated heterocycles. The molecule has 0 N–H and O–H groups in total. The van der Waals surface area contributed by atoms with E-state index in [1.807, 2.05) is 49.1 Å². The molecule has 2 heterocycles. The van der Waals surface area contributed by atoms with E-state index in [0.29, 0.717) is 11.3 Å². The van der Waals surface area contributed by atoms with Crippen LogP contribution in [-0.4, -0.2) is 62.8 Å². The van der Waals surface area contributed by atoms with E-state index >= 15 is 0 Å². The molecule has 0 bridgehead atoms. The Morgan fingerprint density at radius 3 is 2.00 bits per heavy atom. The zero-order valence-corrected chi connectivity index (χ0v) is 20.0. The number of non-ortho nitro benzene ring substituents is 1. The molecule has 11 nitrogen and oxygen atoms in total. The van der Waals surface area contributed by atoms with Crippen molar-refractivity contribution in [2.45, 2.75) is 45.7 Å². The van der Waals surface area contributed by atoms with Gasteiger partial charge in [-0.3, -0.25) is 15.1 Å². The number of benzene rings is 2. The van der Waals surface area contributed by atoms with E-state index < -0.39 is 35.1 Å². The number of amides is 2. The number of hydrazine groups is 1. The second-order valence-corrected chi connectivity index (χ2v) is 8.45. The van der Waals surface area contributed by atoms with E-state index in [1.54, 1.807) is 26.0 Å². The lowest BCUT2D eigenvalue weighted by atomic mass is 10.1. The van der Waals surface area contributed by atoms with Crippen molar-refractivity contribution < 1.29 is 24.0 Å². The molecule has 11 heteroatoms. The molecule has 0 unspecified atom stereocenters. The maximum absolute atomic E-state index is 13.3. The fraction of sp³-hybridized carbons (Fsp3) is 0.375. The Hall–Kier alpha value is -3.99. The molecule has 0 radical (unpaired) electrons. The third kappa shape index (κ3) is 4.18. The maximum Gasteiger partial charge on any atom is 0.430 e. The molecule has 1 fully saturated rings. The van der Waals surface area contributed by atoms with Crippen LogP contribution in [0.4, 0.5) is 15.3 Å². The third-order valence-electron chi connectivity index (χ3n) is 5.87. The Kier molecular flexibility index (Phi) is 6.44. The number of nitro benzene ring substituents is 1. The molecular weight excluding hydrogens is 454 g/mol. The van der Waals surface area contributed by atoms with Crippen LogP contribution in [0, 0.1) is 10.1 Å². The summed E-state index contributed by atoms with van der Waals surface area (Å²) in [5, 5.41) is 13.7. The Morgan fingerprint density at radius 1 is 0.943 bits per heavy atom. The van der Waals surface area contributed by atoms with Gasteiger partial charge >= 0.3 is 12.2 Å². The van der Waals surface area contributed by atoms with Crippen molar-refractivity contribution in [3.63, 3.8) is 0 Å². The van der Waals surface area contributed by atoms with Gasteiger partial charge in [0.25, 0.3) is 5.69 Å². The number of carbonyl (C=O) groups excluding carboxylic acids is 2. The highest BCUT2D eigenvalue weighted by Crippen LogP contribution is 2.47. The maximum atomic E-state index is 13.3. The van der Waals surface area contributed by atoms with E-state index in [-0.39, 0.29) is 18.9 Å². The second-order valence-electron chi connectivity index (χ2n) is 8.45. The van der Waals surface area contributed by atoms with Crippen LogP contribution in [0.5, 0.6) is 0 Å². The van der Waals surface area contributed by atoms with Crippen LogP contribution >= 0.6 is 0 Å². The Bertz CT molecular complexity index is 1150. The van der Waals surface area contributed by atoms with E-state index in [4.69, 9.17) is 14.5 Å². The van der Waals surface area contributed by atoms with Crippen molar-refractivity contribution in [2.75, 3.05) is 13.2 Å². The minimum Gasteiger partial charge on any atom is -0.448 e. The van der Waals surface area contributed by atoms with Gasteiger partial charge in [0.15, 0.2) is 6.17 Å². The number of nitrogens with zero attached hydrogens (tertiary/aromatic N) is 5. The zero-order valence-electron chi connectivity index (χ0n) is 20.0. The first kappa shape index (κ1) is 24.1. The van der Waals surface area contributed by atoms with Gasteiger partial charge < -0.3 is 9.47 Å². The highest BCUT2D eigenvalue weighted by atomic mass is 16.6. The normalized spacial score (nSPS) is 20.9. The van der Waals surface area contributed by atoms with Crippen LogP contribution in [0.2, 0.25) is 0 Å². The van der Waals surface area contributed by atoms with E-state index in [9.17, 15) is 19.7 Å². The molecule has 0 aliphatic carbocycles. The van der Waals surface area contributed by atoms with Crippen molar-refractivity contribution in [1.82, 2.24) is 14.9 Å². The summed E-state index contributed by atoms with van der Waals surface area (Å²) in [5.74, 6) is 0. The smallest absolute Gasteiger partial charge is 0.430 e. The quantitative estimate of drug-likeness (QED) is 0.461. The standard InChI is InChI=1S/C24H27N5O6/c1-5-34-22(30)27-20(17-12-14-18(15-13-17)29(32)33)26-21(28(27)23(31)35-6-2)19(25-24(26,3)4)16-10-8-7-9-11-16/h7-15,20-21H,5-6H2,1-4H3/t20-,21+/m1/s1. The fourth-order valence-electron chi connectivity index (χ4n) is 4.51. The topological polar surface area (TPSA) is 118 Å². The summed E-state index contributed by atoms with van der Waals surface area (Å²) in [6.07, 6.45) is -3.11.